The van der Waals surface area contributed by atoms with E-state index < -0.39 is 0 Å². The number of nitrogens with one attached hydrogen (secondary N) is 2. The molecule has 0 heterocycles. The highest BCUT2D eigenvalue weighted by atomic mass is 79.9. The monoisotopic (exact) mass is 415 g/mol. The molecule has 0 aliphatic heterocycles. The lowest BCUT2D eigenvalue weighted by Crippen LogP contribution is -2.17. The Morgan fingerprint density at radius 1 is 1.23 bits per heavy atom. The molecule has 0 aliphatic carbocycles. The van der Waals surface area contributed by atoms with Crippen LogP contribution in [0, 0.1) is 0 Å². The van der Waals surface area contributed by atoms with Gasteiger partial charge in [0.2, 0.25) is 5.91 Å². The minimum absolute atomic E-state index is 0.171. The van der Waals surface area contributed by atoms with E-state index in [9.17, 15) is 9.59 Å². The maximum atomic E-state index is 12.1. The fourth-order valence-corrected chi connectivity index (χ4v) is 2.41. The van der Waals surface area contributed by atoms with Crippen LogP contribution in [-0.4, -0.2) is 24.6 Å². The van der Waals surface area contributed by atoms with Crippen LogP contribution < -0.4 is 15.5 Å². The minimum atomic E-state index is -0.362. The van der Waals surface area contributed by atoms with E-state index in [1.807, 2.05) is 12.1 Å². The molecule has 26 heavy (non-hydrogen) atoms. The molecule has 0 radical (unpaired) electrons. The van der Waals surface area contributed by atoms with Gasteiger partial charge in [0.25, 0.3) is 5.91 Å². The van der Waals surface area contributed by atoms with Crippen molar-refractivity contribution in [3.05, 3.63) is 70.7 Å². The van der Waals surface area contributed by atoms with Crippen LogP contribution in [0.2, 0.25) is 0 Å². The Hall–Kier alpha value is -2.93. The molecule has 0 aliphatic rings. The van der Waals surface area contributed by atoms with Crippen molar-refractivity contribution in [2.75, 3.05) is 11.9 Å². The summed E-state index contributed by atoms with van der Waals surface area (Å²) in [4.78, 5) is 23.1. The smallest absolute Gasteiger partial charge is 0.271 e. The fraction of sp³-hybridized carbons (Fsp3) is 0.105. The summed E-state index contributed by atoms with van der Waals surface area (Å²) in [6.07, 6.45) is 3.15. The van der Waals surface area contributed by atoms with Crippen molar-refractivity contribution in [1.29, 1.82) is 0 Å². The van der Waals surface area contributed by atoms with E-state index in [2.05, 4.69) is 38.4 Å². The number of ether oxygens (including phenoxy) is 1. The van der Waals surface area contributed by atoms with Crippen molar-refractivity contribution in [2.24, 2.45) is 5.10 Å². The lowest BCUT2D eigenvalue weighted by Gasteiger charge is -2.07. The third kappa shape index (κ3) is 5.86. The summed E-state index contributed by atoms with van der Waals surface area (Å²) in [6.45, 7) is 5.41. The number of carbonyl (C=O) groups excluding carboxylic acids is 2. The molecule has 2 amide bonds. The van der Waals surface area contributed by atoms with Gasteiger partial charge in [0.1, 0.15) is 12.4 Å². The number of nitrogens with zero attached hydrogens (tertiary/aromatic N) is 1. The second-order valence-corrected chi connectivity index (χ2v) is 6.16. The molecular formula is C19H18BrN3O3. The second kappa shape index (κ2) is 9.53. The van der Waals surface area contributed by atoms with Crippen LogP contribution >= 0.6 is 15.9 Å². The van der Waals surface area contributed by atoms with E-state index >= 15 is 0 Å². The second-order valence-electron chi connectivity index (χ2n) is 5.24. The first-order valence-electron chi connectivity index (χ1n) is 7.74. The van der Waals surface area contributed by atoms with Crippen LogP contribution in [0.15, 0.2) is 64.7 Å². The van der Waals surface area contributed by atoms with Gasteiger partial charge in [-0.25, -0.2) is 5.43 Å². The number of halogens is 1. The van der Waals surface area contributed by atoms with Gasteiger partial charge in [0, 0.05) is 28.2 Å². The lowest BCUT2D eigenvalue weighted by molar-refractivity contribution is -0.114. The lowest BCUT2D eigenvalue weighted by atomic mass is 10.2. The van der Waals surface area contributed by atoms with Crippen molar-refractivity contribution in [1.82, 2.24) is 5.43 Å². The zero-order chi connectivity index (χ0) is 18.9. The molecule has 0 fully saturated rings. The Labute approximate surface area is 160 Å². The van der Waals surface area contributed by atoms with Gasteiger partial charge >= 0.3 is 0 Å². The third-order valence-corrected chi connectivity index (χ3v) is 3.66. The maximum Gasteiger partial charge on any atom is 0.271 e. The topological polar surface area (TPSA) is 79.8 Å². The molecule has 0 unspecified atom stereocenters. The van der Waals surface area contributed by atoms with E-state index in [0.717, 1.165) is 4.47 Å². The van der Waals surface area contributed by atoms with E-state index in [4.69, 9.17) is 4.74 Å². The predicted molar refractivity (Wildman–Crippen MR) is 106 cm³/mol. The van der Waals surface area contributed by atoms with Crippen LogP contribution in [0.5, 0.6) is 5.75 Å². The molecule has 0 atom stereocenters. The molecule has 2 aromatic carbocycles. The molecule has 2 aromatic rings. The molecule has 2 N–H and O–H groups in total. The van der Waals surface area contributed by atoms with E-state index in [0.29, 0.717) is 29.2 Å². The summed E-state index contributed by atoms with van der Waals surface area (Å²) < 4.78 is 6.42. The number of hydrazone groups is 1. The highest BCUT2D eigenvalue weighted by Crippen LogP contribution is 2.21. The van der Waals surface area contributed by atoms with Gasteiger partial charge in [-0.3, -0.25) is 9.59 Å². The normalized spacial score (nSPS) is 10.4. The minimum Gasteiger partial charge on any atom is -0.489 e. The van der Waals surface area contributed by atoms with Crippen molar-refractivity contribution in [3.63, 3.8) is 0 Å². The fourth-order valence-electron chi connectivity index (χ4n) is 2.03. The molecule has 2 rings (SSSR count). The molecule has 7 heteroatoms. The van der Waals surface area contributed by atoms with Gasteiger partial charge in [0.15, 0.2) is 0 Å². The standard InChI is InChI=1S/C19H18BrN3O3/c1-3-10-26-18-9-6-16(20)11-15(18)12-21-23-19(25)14-4-7-17(8-5-14)22-13(2)24/h3-9,11-12H,1,10H2,2H3,(H,22,24)(H,23,25)/b21-12-. The summed E-state index contributed by atoms with van der Waals surface area (Å²) in [5, 5.41) is 6.62. The van der Waals surface area contributed by atoms with Gasteiger partial charge in [-0.2, -0.15) is 5.10 Å². The van der Waals surface area contributed by atoms with Crippen LogP contribution in [0.4, 0.5) is 5.69 Å². The first-order chi connectivity index (χ1) is 12.5. The SMILES string of the molecule is C=CCOc1ccc(Br)cc1/C=N\NC(=O)c1ccc(NC(C)=O)cc1. The van der Waals surface area contributed by atoms with Gasteiger partial charge < -0.3 is 10.1 Å². The van der Waals surface area contributed by atoms with Crippen LogP contribution in [0.1, 0.15) is 22.8 Å². The van der Waals surface area contributed by atoms with Gasteiger partial charge in [-0.1, -0.05) is 28.6 Å². The first-order valence-corrected chi connectivity index (χ1v) is 8.53. The van der Waals surface area contributed by atoms with Crippen molar-refractivity contribution in [3.8, 4) is 5.75 Å². The molecule has 0 saturated heterocycles. The summed E-state index contributed by atoms with van der Waals surface area (Å²) in [5.41, 5.74) is 4.22. The molecule has 0 spiro atoms. The zero-order valence-electron chi connectivity index (χ0n) is 14.2. The third-order valence-electron chi connectivity index (χ3n) is 3.17. The van der Waals surface area contributed by atoms with Gasteiger partial charge in [0.05, 0.1) is 6.21 Å². The number of amides is 2. The average Bonchev–Trinajstić information content (AvgIpc) is 2.61. The number of anilines is 1. The average molecular weight is 416 g/mol. The van der Waals surface area contributed by atoms with Crippen molar-refractivity contribution in [2.45, 2.75) is 6.92 Å². The van der Waals surface area contributed by atoms with E-state index in [-0.39, 0.29) is 11.8 Å². The molecule has 134 valence electrons. The van der Waals surface area contributed by atoms with Crippen LogP contribution in [-0.2, 0) is 4.79 Å². The van der Waals surface area contributed by atoms with E-state index in [1.54, 1.807) is 36.4 Å². The summed E-state index contributed by atoms with van der Waals surface area (Å²) in [5.74, 6) is 0.0974. The summed E-state index contributed by atoms with van der Waals surface area (Å²) >= 11 is 3.39. The van der Waals surface area contributed by atoms with Crippen molar-refractivity contribution >= 4 is 39.6 Å². The zero-order valence-corrected chi connectivity index (χ0v) is 15.7. The van der Waals surface area contributed by atoms with Crippen LogP contribution in [0.25, 0.3) is 0 Å². The number of hydrogen-bond acceptors (Lipinski definition) is 4. The van der Waals surface area contributed by atoms with E-state index in [1.165, 1.54) is 13.1 Å². The number of hydrogen-bond donors (Lipinski definition) is 2. The van der Waals surface area contributed by atoms with Crippen molar-refractivity contribution < 1.29 is 14.3 Å². The molecule has 0 aromatic heterocycles. The molecule has 0 bridgehead atoms. The largest absolute Gasteiger partial charge is 0.489 e. The molecular weight excluding hydrogens is 398 g/mol. The van der Waals surface area contributed by atoms with Gasteiger partial charge in [-0.05, 0) is 42.5 Å². The Balaban J connectivity index is 2.03. The number of carbonyl (C=O) groups is 2. The number of rotatable bonds is 7. The Bertz CT molecular complexity index is 832. The summed E-state index contributed by atoms with van der Waals surface area (Å²) in [7, 11) is 0. The first kappa shape index (κ1) is 19.4. The Kier molecular flexibility index (Phi) is 7.11. The molecule has 0 saturated carbocycles. The Morgan fingerprint density at radius 3 is 2.62 bits per heavy atom. The number of benzene rings is 2. The Morgan fingerprint density at radius 2 is 1.96 bits per heavy atom. The maximum absolute atomic E-state index is 12.1. The molecule has 6 nitrogen and oxygen atoms in total. The highest BCUT2D eigenvalue weighted by molar-refractivity contribution is 9.10. The van der Waals surface area contributed by atoms with Crippen LogP contribution in [0.3, 0.4) is 0 Å². The predicted octanol–water partition coefficient (Wildman–Crippen LogP) is 3.74. The highest BCUT2D eigenvalue weighted by Gasteiger charge is 2.06. The van der Waals surface area contributed by atoms with Gasteiger partial charge in [-0.15, -0.1) is 0 Å². The summed E-state index contributed by atoms with van der Waals surface area (Å²) in [6, 6.07) is 12.0. The quantitative estimate of drug-likeness (QED) is 0.410.